The topological polar surface area (TPSA) is 62.7 Å². The summed E-state index contributed by atoms with van der Waals surface area (Å²) in [6.45, 7) is 1.19. The molecule has 0 bridgehead atoms. The zero-order chi connectivity index (χ0) is 24.8. The molecule has 0 fully saturated rings. The molecule has 0 atom stereocenters. The van der Waals surface area contributed by atoms with E-state index in [-0.39, 0.29) is 40.4 Å². The number of alkyl halides is 3. The highest BCUT2D eigenvalue weighted by molar-refractivity contribution is 6.11. The van der Waals surface area contributed by atoms with Crippen LogP contribution in [0.4, 0.5) is 27.6 Å². The van der Waals surface area contributed by atoms with Crippen LogP contribution < -0.4 is 9.64 Å². The van der Waals surface area contributed by atoms with Crippen LogP contribution in [0.1, 0.15) is 35.3 Å². The Hall–Kier alpha value is -3.53. The number of fused-ring (bicyclic) bond motifs is 1. The summed E-state index contributed by atoms with van der Waals surface area (Å²) in [5.74, 6) is -2.33. The van der Waals surface area contributed by atoms with E-state index in [0.717, 1.165) is 18.2 Å². The molecule has 10 heteroatoms. The normalized spacial score (nSPS) is 13.9. The van der Waals surface area contributed by atoms with E-state index in [4.69, 9.17) is 4.74 Å². The summed E-state index contributed by atoms with van der Waals surface area (Å²) >= 11 is 0. The van der Waals surface area contributed by atoms with Crippen LogP contribution in [0, 0.1) is 11.6 Å². The third kappa shape index (κ3) is 4.58. The minimum Gasteiger partial charge on any atom is -0.483 e. The number of hydrogen-bond acceptors (Lipinski definition) is 4. The summed E-state index contributed by atoms with van der Waals surface area (Å²) in [6, 6.07) is 8.54. The average molecular weight is 478 g/mol. The van der Waals surface area contributed by atoms with Crippen molar-refractivity contribution in [1.29, 1.82) is 0 Å². The van der Waals surface area contributed by atoms with Gasteiger partial charge in [0, 0.05) is 40.2 Å². The third-order valence-corrected chi connectivity index (χ3v) is 5.36. The van der Waals surface area contributed by atoms with Crippen molar-refractivity contribution in [3.63, 3.8) is 0 Å². The van der Waals surface area contributed by atoms with Crippen LogP contribution in [-0.4, -0.2) is 28.8 Å². The number of anilines is 1. The molecule has 0 saturated carbocycles. The monoisotopic (exact) mass is 478 g/mol. The van der Waals surface area contributed by atoms with Crippen LogP contribution in [-0.2, 0) is 12.1 Å². The first-order chi connectivity index (χ1) is 15.8. The fourth-order valence-electron chi connectivity index (χ4n) is 3.81. The second-order valence-corrected chi connectivity index (χ2v) is 8.34. The van der Waals surface area contributed by atoms with Crippen molar-refractivity contribution in [3.05, 3.63) is 77.0 Å². The zero-order valence-electron chi connectivity index (χ0n) is 18.1. The summed E-state index contributed by atoms with van der Waals surface area (Å²) in [5, 5.41) is 10.1. The molecule has 3 aromatic rings. The lowest BCUT2D eigenvalue weighted by Crippen LogP contribution is -2.24. The first-order valence-electron chi connectivity index (χ1n) is 10.2. The van der Waals surface area contributed by atoms with Gasteiger partial charge in [0.05, 0.1) is 17.8 Å². The van der Waals surface area contributed by atoms with Gasteiger partial charge in [-0.1, -0.05) is 6.07 Å². The van der Waals surface area contributed by atoms with Crippen molar-refractivity contribution in [2.75, 3.05) is 11.5 Å². The molecule has 0 spiro atoms. The minimum absolute atomic E-state index is 0.0469. The van der Waals surface area contributed by atoms with Gasteiger partial charge in [-0.3, -0.25) is 9.78 Å². The van der Waals surface area contributed by atoms with Crippen molar-refractivity contribution in [3.8, 4) is 17.0 Å². The molecule has 0 aliphatic carbocycles. The van der Waals surface area contributed by atoms with Crippen molar-refractivity contribution in [2.45, 2.75) is 32.2 Å². The number of rotatable bonds is 5. The Labute approximate surface area is 191 Å². The highest BCUT2D eigenvalue weighted by Crippen LogP contribution is 2.39. The van der Waals surface area contributed by atoms with E-state index in [1.165, 1.54) is 49.2 Å². The molecule has 1 aromatic heterocycles. The van der Waals surface area contributed by atoms with Gasteiger partial charge in [-0.15, -0.1) is 0 Å². The fraction of sp³-hybridized carbons (Fsp3) is 0.250. The Morgan fingerprint density at radius 3 is 2.44 bits per heavy atom. The number of aromatic nitrogens is 1. The number of ether oxygens (including phenoxy) is 1. The molecule has 0 unspecified atom stereocenters. The third-order valence-electron chi connectivity index (χ3n) is 5.36. The van der Waals surface area contributed by atoms with Gasteiger partial charge < -0.3 is 14.7 Å². The lowest BCUT2D eigenvalue weighted by molar-refractivity contribution is -0.153. The lowest BCUT2D eigenvalue weighted by atomic mass is 9.97. The van der Waals surface area contributed by atoms with Crippen molar-refractivity contribution < 1.29 is 36.6 Å². The molecule has 1 amide bonds. The van der Waals surface area contributed by atoms with E-state index in [1.807, 2.05) is 0 Å². The van der Waals surface area contributed by atoms with Crippen LogP contribution in [0.3, 0.4) is 0 Å². The summed E-state index contributed by atoms with van der Waals surface area (Å²) in [5.41, 5.74) is -0.302. The van der Waals surface area contributed by atoms with Crippen LogP contribution in [0.15, 0.2) is 48.7 Å². The number of halogens is 5. The van der Waals surface area contributed by atoms with Gasteiger partial charge in [0.25, 0.3) is 5.91 Å². The largest absolute Gasteiger partial charge is 0.483 e. The van der Waals surface area contributed by atoms with Crippen molar-refractivity contribution in [2.24, 2.45) is 0 Å². The number of aliphatic hydroxyl groups is 1. The van der Waals surface area contributed by atoms with E-state index < -0.39 is 35.9 Å². The Kier molecular flexibility index (Phi) is 5.80. The number of carbonyl (C=O) groups excluding carboxylic acids is 1. The molecular formula is C24H19F5N2O3. The van der Waals surface area contributed by atoms with E-state index >= 15 is 0 Å². The number of hydrogen-bond donors (Lipinski definition) is 1. The van der Waals surface area contributed by atoms with Gasteiger partial charge in [-0.25, -0.2) is 8.78 Å². The summed E-state index contributed by atoms with van der Waals surface area (Å²) in [6.07, 6.45) is -3.33. The number of amides is 1. The zero-order valence-corrected chi connectivity index (χ0v) is 18.1. The molecule has 2 heterocycles. The Bertz CT molecular complexity index is 1270. The predicted molar refractivity (Wildman–Crippen MR) is 113 cm³/mol. The SMILES string of the molecule is CC(C)(O)c1ccc(N2Cc3c(ccnc3-c3ccc(F)cc3OCC(F)(F)F)C2=O)cc1F. The van der Waals surface area contributed by atoms with Crippen LogP contribution in [0.2, 0.25) is 0 Å². The predicted octanol–water partition coefficient (Wildman–Crippen LogP) is 5.36. The number of nitrogens with zero attached hydrogens (tertiary/aromatic N) is 2. The molecule has 1 N–H and O–H groups in total. The standard InChI is InChI=1S/C24H19F5N2O3/c1-23(2,33)18-6-4-14(10-19(18)26)31-11-17-15(22(31)32)7-8-30-21(17)16-5-3-13(25)9-20(16)34-12-24(27,28)29/h3-10,33H,11-12H2,1-2H3. The molecule has 34 heavy (non-hydrogen) atoms. The van der Waals surface area contributed by atoms with Gasteiger partial charge in [0.15, 0.2) is 6.61 Å². The molecule has 178 valence electrons. The molecule has 0 saturated heterocycles. The summed E-state index contributed by atoms with van der Waals surface area (Å²) in [4.78, 5) is 18.6. The quantitative estimate of drug-likeness (QED) is 0.502. The summed E-state index contributed by atoms with van der Waals surface area (Å²) < 4.78 is 71.3. The number of carbonyl (C=O) groups is 1. The van der Waals surface area contributed by atoms with E-state index in [2.05, 4.69) is 4.98 Å². The van der Waals surface area contributed by atoms with Crippen molar-refractivity contribution in [1.82, 2.24) is 4.98 Å². The second-order valence-electron chi connectivity index (χ2n) is 8.34. The maximum atomic E-state index is 14.6. The second kappa shape index (κ2) is 8.35. The van der Waals surface area contributed by atoms with E-state index in [0.29, 0.717) is 5.56 Å². The molecule has 4 rings (SSSR count). The maximum absolute atomic E-state index is 14.6. The average Bonchev–Trinajstić information content (AvgIpc) is 3.08. The highest BCUT2D eigenvalue weighted by atomic mass is 19.4. The van der Waals surface area contributed by atoms with Gasteiger partial charge in [0.2, 0.25) is 0 Å². The number of benzene rings is 2. The van der Waals surface area contributed by atoms with Crippen molar-refractivity contribution >= 4 is 11.6 Å². The first kappa shape index (κ1) is 23.6. The Morgan fingerprint density at radius 1 is 1.06 bits per heavy atom. The van der Waals surface area contributed by atoms with Crippen LogP contribution in [0.5, 0.6) is 5.75 Å². The first-order valence-corrected chi connectivity index (χ1v) is 10.2. The Morgan fingerprint density at radius 2 is 1.79 bits per heavy atom. The van der Waals surface area contributed by atoms with Gasteiger partial charge in [-0.2, -0.15) is 13.2 Å². The minimum atomic E-state index is -4.64. The molecule has 2 aromatic carbocycles. The van der Waals surface area contributed by atoms with Crippen LogP contribution >= 0.6 is 0 Å². The van der Waals surface area contributed by atoms with E-state index in [1.54, 1.807) is 0 Å². The van der Waals surface area contributed by atoms with Gasteiger partial charge in [-0.05, 0) is 44.2 Å². The lowest BCUT2D eigenvalue weighted by Gasteiger charge is -2.21. The van der Waals surface area contributed by atoms with Gasteiger partial charge in [0.1, 0.15) is 17.4 Å². The highest BCUT2D eigenvalue weighted by Gasteiger charge is 2.34. The number of pyridine rings is 1. The molecule has 1 aliphatic heterocycles. The van der Waals surface area contributed by atoms with Crippen LogP contribution in [0.25, 0.3) is 11.3 Å². The molecular weight excluding hydrogens is 459 g/mol. The van der Waals surface area contributed by atoms with Gasteiger partial charge >= 0.3 is 6.18 Å². The Balaban J connectivity index is 1.73. The molecule has 0 radical (unpaired) electrons. The fourth-order valence-corrected chi connectivity index (χ4v) is 3.81. The smallest absolute Gasteiger partial charge is 0.422 e. The maximum Gasteiger partial charge on any atom is 0.422 e. The molecule has 1 aliphatic rings. The van der Waals surface area contributed by atoms with E-state index in [9.17, 15) is 31.9 Å². The summed E-state index contributed by atoms with van der Waals surface area (Å²) in [7, 11) is 0. The molecule has 5 nitrogen and oxygen atoms in total.